The van der Waals surface area contributed by atoms with E-state index in [1.807, 2.05) is 13.8 Å². The molecule has 0 radical (unpaired) electrons. The maximum absolute atomic E-state index is 11.1. The fourth-order valence-electron chi connectivity index (χ4n) is 0.846. The number of terminal acetylenes is 1. The fourth-order valence-corrected chi connectivity index (χ4v) is 2.35. The Morgan fingerprint density at radius 1 is 1.75 bits per heavy atom. The third kappa shape index (κ3) is 3.19. The Morgan fingerprint density at radius 2 is 2.25 bits per heavy atom. The molecule has 0 saturated carbocycles. The summed E-state index contributed by atoms with van der Waals surface area (Å²) >= 11 is -1.24. The largest absolute Gasteiger partial charge is 0.598 e. The molecule has 2 nitrogen and oxygen atoms in total. The summed E-state index contributed by atoms with van der Waals surface area (Å²) in [5, 5.41) is 5.39. The molecular formula is C8H17NOSSi. The van der Waals surface area contributed by atoms with Crippen molar-refractivity contribution in [2.45, 2.75) is 37.0 Å². The van der Waals surface area contributed by atoms with Crippen LogP contribution in [0.5, 0.6) is 0 Å². The molecular weight excluding hydrogens is 186 g/mol. The minimum Gasteiger partial charge on any atom is -0.598 e. The zero-order valence-electron chi connectivity index (χ0n) is 7.96. The monoisotopic (exact) mass is 203 g/mol. The Bertz CT molecular complexity index is 176. The summed E-state index contributed by atoms with van der Waals surface area (Å²) in [7, 11) is 0.991. The fraction of sp³-hybridized carbons (Fsp3) is 0.750. The van der Waals surface area contributed by atoms with Crippen molar-refractivity contribution in [2.75, 3.05) is 0 Å². The summed E-state index contributed by atoms with van der Waals surface area (Å²) in [6.45, 7) is 3.88. The van der Waals surface area contributed by atoms with Crippen LogP contribution in [0.1, 0.15) is 26.7 Å². The molecule has 0 aromatic rings. The molecule has 0 aliphatic rings. The van der Waals surface area contributed by atoms with Gasteiger partial charge in [0.2, 0.25) is 0 Å². The predicted octanol–water partition coefficient (Wildman–Crippen LogP) is -0.0453. The lowest BCUT2D eigenvalue weighted by molar-refractivity contribution is 0.519. The van der Waals surface area contributed by atoms with Crippen molar-refractivity contribution in [1.29, 1.82) is 0 Å². The van der Waals surface area contributed by atoms with Gasteiger partial charge in [-0.05, 0) is 25.8 Å². The van der Waals surface area contributed by atoms with Crippen LogP contribution in [-0.4, -0.2) is 19.5 Å². The molecule has 0 rings (SSSR count). The van der Waals surface area contributed by atoms with Crippen LogP contribution >= 0.6 is 0 Å². The highest BCUT2D eigenvalue weighted by Crippen LogP contribution is 2.30. The highest BCUT2D eigenvalue weighted by atomic mass is 32.2. The van der Waals surface area contributed by atoms with E-state index in [2.05, 4.69) is 5.92 Å². The first-order valence-electron chi connectivity index (χ1n) is 4.02. The summed E-state index contributed by atoms with van der Waals surface area (Å²) in [4.78, 5) is 0. The Hall–Kier alpha value is 0.0469. The van der Waals surface area contributed by atoms with Crippen molar-refractivity contribution in [3.05, 3.63) is 0 Å². The first-order valence-corrected chi connectivity index (χ1v) is 6.39. The van der Waals surface area contributed by atoms with Crippen LogP contribution in [0.3, 0.4) is 0 Å². The zero-order valence-corrected chi connectivity index (χ0v) is 10.8. The number of hydrogen-bond acceptors (Lipinski definition) is 2. The third-order valence-corrected chi connectivity index (χ3v) is 6.31. The summed E-state index contributed by atoms with van der Waals surface area (Å²) in [5.74, 6) is 2.59. The second-order valence-corrected chi connectivity index (χ2v) is 6.59. The van der Waals surface area contributed by atoms with Gasteiger partial charge in [0, 0.05) is 28.0 Å². The predicted molar refractivity (Wildman–Crippen MR) is 58.2 cm³/mol. The van der Waals surface area contributed by atoms with Crippen molar-refractivity contribution < 1.29 is 4.55 Å². The van der Waals surface area contributed by atoms with E-state index in [0.29, 0.717) is 5.54 Å². The van der Waals surface area contributed by atoms with Gasteiger partial charge in [0.25, 0.3) is 0 Å². The maximum Gasteiger partial charge on any atom is 0.139 e. The molecule has 0 bridgehead atoms. The standard InChI is InChI=1S/C8H17NOSSi/c1-4-5-6-7(12)8(2,3)11(9)10/h1,7H,5-6,9H2,2-3,12H3. The first-order chi connectivity index (χ1) is 5.42. The summed E-state index contributed by atoms with van der Waals surface area (Å²) in [6, 6.07) is 0. The van der Waals surface area contributed by atoms with Gasteiger partial charge in [-0.15, -0.1) is 12.3 Å². The Balaban J connectivity index is 4.08. The summed E-state index contributed by atoms with van der Waals surface area (Å²) < 4.78 is 10.9. The molecule has 0 heterocycles. The molecule has 4 heteroatoms. The lowest BCUT2D eigenvalue weighted by Crippen LogP contribution is -2.41. The Kier molecular flexibility index (Phi) is 4.94. The van der Waals surface area contributed by atoms with Crippen molar-refractivity contribution in [1.82, 2.24) is 0 Å². The quantitative estimate of drug-likeness (QED) is 0.396. The molecule has 0 saturated heterocycles. The van der Waals surface area contributed by atoms with Crippen LogP contribution in [0.2, 0.25) is 5.54 Å². The number of rotatable bonds is 4. The lowest BCUT2D eigenvalue weighted by atomic mass is 10.0. The first kappa shape index (κ1) is 12.0. The third-order valence-electron chi connectivity index (χ3n) is 2.43. The number of hydrogen-bond donors (Lipinski definition) is 1. The number of nitrogens with two attached hydrogens (primary N) is 1. The molecule has 12 heavy (non-hydrogen) atoms. The van der Waals surface area contributed by atoms with Crippen LogP contribution in [0, 0.1) is 12.3 Å². The smallest absolute Gasteiger partial charge is 0.139 e. The van der Waals surface area contributed by atoms with Gasteiger partial charge in [0.15, 0.2) is 0 Å². The van der Waals surface area contributed by atoms with E-state index in [4.69, 9.17) is 11.6 Å². The van der Waals surface area contributed by atoms with Gasteiger partial charge in [-0.3, -0.25) is 0 Å². The average Bonchev–Trinajstić information content (AvgIpc) is 1.99. The van der Waals surface area contributed by atoms with Gasteiger partial charge in [0.05, 0.1) is 0 Å². The van der Waals surface area contributed by atoms with E-state index in [9.17, 15) is 4.55 Å². The van der Waals surface area contributed by atoms with Crippen LogP contribution in [0.25, 0.3) is 0 Å². The van der Waals surface area contributed by atoms with E-state index in [0.717, 1.165) is 23.1 Å². The Morgan fingerprint density at radius 3 is 2.58 bits per heavy atom. The van der Waals surface area contributed by atoms with Gasteiger partial charge in [-0.25, -0.2) is 0 Å². The molecule has 0 spiro atoms. The van der Waals surface area contributed by atoms with Crippen LogP contribution in [0.4, 0.5) is 0 Å². The van der Waals surface area contributed by atoms with E-state index < -0.39 is 11.4 Å². The minimum atomic E-state index is -1.24. The molecule has 0 aromatic heterocycles. The molecule has 0 amide bonds. The average molecular weight is 203 g/mol. The molecule has 0 aliphatic carbocycles. The van der Waals surface area contributed by atoms with Gasteiger partial charge >= 0.3 is 0 Å². The van der Waals surface area contributed by atoms with E-state index >= 15 is 0 Å². The molecule has 0 aromatic carbocycles. The summed E-state index contributed by atoms with van der Waals surface area (Å²) in [5.41, 5.74) is 0.430. The molecule has 2 unspecified atom stereocenters. The van der Waals surface area contributed by atoms with Crippen molar-refractivity contribution >= 4 is 21.6 Å². The molecule has 2 atom stereocenters. The van der Waals surface area contributed by atoms with Gasteiger partial charge in [-0.1, -0.05) is 0 Å². The zero-order chi connectivity index (χ0) is 9.78. The lowest BCUT2D eigenvalue weighted by Gasteiger charge is -2.30. The van der Waals surface area contributed by atoms with Gasteiger partial charge < -0.3 is 4.55 Å². The molecule has 2 N–H and O–H groups in total. The molecule has 0 fully saturated rings. The van der Waals surface area contributed by atoms with E-state index in [1.54, 1.807) is 0 Å². The maximum atomic E-state index is 11.1. The Labute approximate surface area is 81.0 Å². The molecule has 0 aliphatic heterocycles. The molecule has 70 valence electrons. The second kappa shape index (κ2) is 4.93. The van der Waals surface area contributed by atoms with E-state index in [-0.39, 0.29) is 4.75 Å². The highest BCUT2D eigenvalue weighted by molar-refractivity contribution is 7.90. The van der Waals surface area contributed by atoms with Crippen molar-refractivity contribution in [3.8, 4) is 12.3 Å². The van der Waals surface area contributed by atoms with Crippen LogP contribution in [-0.2, 0) is 11.4 Å². The minimum absolute atomic E-state index is 0.275. The highest BCUT2D eigenvalue weighted by Gasteiger charge is 2.35. The normalized spacial score (nSPS) is 16.9. The van der Waals surface area contributed by atoms with Gasteiger partial charge in [0.1, 0.15) is 4.75 Å². The van der Waals surface area contributed by atoms with Crippen LogP contribution < -0.4 is 5.14 Å². The topological polar surface area (TPSA) is 49.1 Å². The van der Waals surface area contributed by atoms with Crippen molar-refractivity contribution in [3.63, 3.8) is 0 Å². The van der Waals surface area contributed by atoms with E-state index in [1.165, 1.54) is 0 Å². The summed E-state index contributed by atoms with van der Waals surface area (Å²) in [6.07, 6.45) is 6.86. The van der Waals surface area contributed by atoms with Crippen molar-refractivity contribution in [2.24, 2.45) is 5.14 Å². The van der Waals surface area contributed by atoms with Gasteiger partial charge in [-0.2, -0.15) is 5.14 Å². The second-order valence-electron chi connectivity index (χ2n) is 3.54. The SMILES string of the molecule is C#CCCC([SiH3])C(C)(C)[S+](N)[O-]. The van der Waals surface area contributed by atoms with Crippen LogP contribution in [0.15, 0.2) is 0 Å².